The molecule has 0 radical (unpaired) electrons. The van der Waals surface area contributed by atoms with Gasteiger partial charge in [-0.3, -0.25) is 0 Å². The van der Waals surface area contributed by atoms with Crippen LogP contribution >= 0.6 is 0 Å². The molecular weight excluding hydrogens is 169 g/mol. The maximum Gasteiger partial charge on any atom is 0.419 e. The van der Waals surface area contributed by atoms with E-state index in [0.717, 1.165) is 12.1 Å². The SMILES string of the molecule is Cc1ccc(C(F)(F)F)c(O)c1. The Hall–Kier alpha value is -1.19. The van der Waals surface area contributed by atoms with Crippen molar-refractivity contribution in [1.29, 1.82) is 0 Å². The van der Waals surface area contributed by atoms with E-state index in [0.29, 0.717) is 5.56 Å². The van der Waals surface area contributed by atoms with E-state index in [-0.39, 0.29) is 0 Å². The van der Waals surface area contributed by atoms with Gasteiger partial charge < -0.3 is 5.11 Å². The standard InChI is InChI=1S/C8H7F3O/c1-5-2-3-6(7(12)4-5)8(9,10)11/h2-4,12H,1H3. The van der Waals surface area contributed by atoms with Crippen LogP contribution in [0.1, 0.15) is 11.1 Å². The van der Waals surface area contributed by atoms with E-state index in [9.17, 15) is 13.2 Å². The molecular formula is C8H7F3O. The summed E-state index contributed by atoms with van der Waals surface area (Å²) in [5.74, 6) is -0.720. The maximum atomic E-state index is 12.0. The van der Waals surface area contributed by atoms with Crippen molar-refractivity contribution >= 4 is 0 Å². The van der Waals surface area contributed by atoms with E-state index in [4.69, 9.17) is 5.11 Å². The van der Waals surface area contributed by atoms with Crippen molar-refractivity contribution < 1.29 is 18.3 Å². The Morgan fingerprint density at radius 2 is 1.83 bits per heavy atom. The lowest BCUT2D eigenvalue weighted by Crippen LogP contribution is -2.04. The van der Waals surface area contributed by atoms with Crippen molar-refractivity contribution in [1.82, 2.24) is 0 Å². The number of phenolic OH excluding ortho intramolecular Hbond substituents is 1. The van der Waals surface area contributed by atoms with Crippen molar-refractivity contribution in [2.75, 3.05) is 0 Å². The summed E-state index contributed by atoms with van der Waals surface area (Å²) in [6.45, 7) is 1.61. The lowest BCUT2D eigenvalue weighted by molar-refractivity contribution is -0.138. The van der Waals surface area contributed by atoms with Crippen molar-refractivity contribution in [3.63, 3.8) is 0 Å². The molecule has 1 N–H and O–H groups in total. The number of alkyl halides is 3. The van der Waals surface area contributed by atoms with Crippen LogP contribution in [-0.4, -0.2) is 5.11 Å². The lowest BCUT2D eigenvalue weighted by atomic mass is 10.1. The summed E-state index contributed by atoms with van der Waals surface area (Å²) >= 11 is 0. The van der Waals surface area contributed by atoms with E-state index in [2.05, 4.69) is 0 Å². The lowest BCUT2D eigenvalue weighted by Gasteiger charge is -2.08. The van der Waals surface area contributed by atoms with Crippen LogP contribution in [-0.2, 0) is 6.18 Å². The summed E-state index contributed by atoms with van der Waals surface area (Å²) < 4.78 is 36.1. The minimum atomic E-state index is -4.47. The first-order valence-corrected chi connectivity index (χ1v) is 3.28. The number of benzene rings is 1. The molecule has 0 aliphatic heterocycles. The van der Waals surface area contributed by atoms with Gasteiger partial charge in [-0.1, -0.05) is 6.07 Å². The Bertz CT molecular complexity index is 291. The fourth-order valence-corrected chi connectivity index (χ4v) is 0.881. The number of halogens is 3. The Kier molecular flexibility index (Phi) is 2.00. The molecule has 0 saturated heterocycles. The summed E-state index contributed by atoms with van der Waals surface area (Å²) in [5, 5.41) is 8.91. The highest BCUT2D eigenvalue weighted by molar-refractivity contribution is 5.37. The zero-order valence-corrected chi connectivity index (χ0v) is 6.31. The molecule has 0 aliphatic carbocycles. The third kappa shape index (κ3) is 1.69. The van der Waals surface area contributed by atoms with Gasteiger partial charge in [0.1, 0.15) is 5.75 Å². The number of hydrogen-bond acceptors (Lipinski definition) is 1. The number of phenols is 1. The summed E-state index contributed by atoms with van der Waals surface area (Å²) in [4.78, 5) is 0. The highest BCUT2D eigenvalue weighted by atomic mass is 19.4. The van der Waals surface area contributed by atoms with Gasteiger partial charge in [-0.25, -0.2) is 0 Å². The van der Waals surface area contributed by atoms with Crippen LogP contribution < -0.4 is 0 Å². The van der Waals surface area contributed by atoms with E-state index in [1.54, 1.807) is 6.92 Å². The molecule has 66 valence electrons. The molecule has 1 nitrogen and oxygen atoms in total. The second-order valence-electron chi connectivity index (χ2n) is 2.52. The first kappa shape index (κ1) is 8.90. The van der Waals surface area contributed by atoms with Crippen molar-refractivity contribution in [3.8, 4) is 5.75 Å². The van der Waals surface area contributed by atoms with Crippen LogP contribution in [0.4, 0.5) is 13.2 Å². The minimum Gasteiger partial charge on any atom is -0.507 e. The molecule has 0 bridgehead atoms. The fourth-order valence-electron chi connectivity index (χ4n) is 0.881. The number of rotatable bonds is 0. The molecule has 0 atom stereocenters. The van der Waals surface area contributed by atoms with Crippen molar-refractivity contribution in [3.05, 3.63) is 29.3 Å². The summed E-state index contributed by atoms with van der Waals surface area (Å²) in [5.41, 5.74) is -0.395. The second-order valence-corrected chi connectivity index (χ2v) is 2.52. The number of hydrogen-bond donors (Lipinski definition) is 1. The van der Waals surface area contributed by atoms with Gasteiger partial charge in [0.15, 0.2) is 0 Å². The summed E-state index contributed by atoms with van der Waals surface area (Å²) in [7, 11) is 0. The van der Waals surface area contributed by atoms with Crippen LogP contribution in [0.15, 0.2) is 18.2 Å². The Labute approximate surface area is 67.5 Å². The van der Waals surface area contributed by atoms with Crippen LogP contribution in [0.2, 0.25) is 0 Å². The van der Waals surface area contributed by atoms with Crippen LogP contribution in [0.25, 0.3) is 0 Å². The molecule has 1 aromatic carbocycles. The van der Waals surface area contributed by atoms with E-state index in [1.165, 1.54) is 6.07 Å². The third-order valence-electron chi connectivity index (χ3n) is 1.46. The summed E-state index contributed by atoms with van der Waals surface area (Å²) in [6.07, 6.45) is -4.47. The van der Waals surface area contributed by atoms with Crippen LogP contribution in [0.3, 0.4) is 0 Å². The second kappa shape index (κ2) is 2.69. The average Bonchev–Trinajstić information content (AvgIpc) is 1.83. The third-order valence-corrected chi connectivity index (χ3v) is 1.46. The molecule has 12 heavy (non-hydrogen) atoms. The average molecular weight is 176 g/mol. The molecule has 0 spiro atoms. The van der Waals surface area contributed by atoms with Crippen LogP contribution in [0, 0.1) is 6.92 Å². The number of aromatic hydroxyl groups is 1. The molecule has 0 fully saturated rings. The molecule has 1 rings (SSSR count). The zero-order chi connectivity index (χ0) is 9.35. The molecule has 0 unspecified atom stereocenters. The van der Waals surface area contributed by atoms with Crippen LogP contribution in [0.5, 0.6) is 5.75 Å². The van der Waals surface area contributed by atoms with E-state index < -0.39 is 17.5 Å². The first-order valence-electron chi connectivity index (χ1n) is 3.28. The molecule has 0 amide bonds. The Morgan fingerprint density at radius 1 is 1.25 bits per heavy atom. The normalized spacial score (nSPS) is 11.7. The highest BCUT2D eigenvalue weighted by Crippen LogP contribution is 2.35. The molecule has 0 heterocycles. The quantitative estimate of drug-likeness (QED) is 0.644. The molecule has 0 aliphatic rings. The summed E-state index contributed by atoms with van der Waals surface area (Å²) in [6, 6.07) is 3.26. The Balaban J connectivity index is 3.19. The van der Waals surface area contributed by atoms with Gasteiger partial charge in [0.2, 0.25) is 0 Å². The molecule has 1 aromatic rings. The van der Waals surface area contributed by atoms with E-state index in [1.807, 2.05) is 0 Å². The van der Waals surface area contributed by atoms with Gasteiger partial charge in [-0.15, -0.1) is 0 Å². The van der Waals surface area contributed by atoms with Gasteiger partial charge in [0.25, 0.3) is 0 Å². The van der Waals surface area contributed by atoms with Gasteiger partial charge in [-0.05, 0) is 24.6 Å². The maximum absolute atomic E-state index is 12.0. The van der Waals surface area contributed by atoms with Crippen molar-refractivity contribution in [2.45, 2.75) is 13.1 Å². The topological polar surface area (TPSA) is 20.2 Å². The predicted molar refractivity (Wildman–Crippen MR) is 37.8 cm³/mol. The van der Waals surface area contributed by atoms with Gasteiger partial charge >= 0.3 is 6.18 Å². The van der Waals surface area contributed by atoms with Gasteiger partial charge in [0.05, 0.1) is 5.56 Å². The predicted octanol–water partition coefficient (Wildman–Crippen LogP) is 2.72. The molecule has 0 aromatic heterocycles. The Morgan fingerprint density at radius 3 is 2.25 bits per heavy atom. The minimum absolute atomic E-state index is 0.598. The zero-order valence-electron chi connectivity index (χ0n) is 6.31. The first-order chi connectivity index (χ1) is 5.41. The fraction of sp³-hybridized carbons (Fsp3) is 0.250. The highest BCUT2D eigenvalue weighted by Gasteiger charge is 2.33. The largest absolute Gasteiger partial charge is 0.507 e. The van der Waals surface area contributed by atoms with E-state index >= 15 is 0 Å². The van der Waals surface area contributed by atoms with Gasteiger partial charge in [-0.2, -0.15) is 13.2 Å². The molecule has 0 saturated carbocycles. The smallest absolute Gasteiger partial charge is 0.419 e. The monoisotopic (exact) mass is 176 g/mol. The number of aryl methyl sites for hydroxylation is 1. The van der Waals surface area contributed by atoms with Crippen molar-refractivity contribution in [2.24, 2.45) is 0 Å². The molecule has 4 heteroatoms. The van der Waals surface area contributed by atoms with Gasteiger partial charge in [0, 0.05) is 0 Å².